The number of carbonyl (C=O) groups excluding carboxylic acids is 1. The van der Waals surface area contributed by atoms with Gasteiger partial charge in [-0.15, -0.1) is 0 Å². The van der Waals surface area contributed by atoms with Crippen LogP contribution < -0.4 is 10.2 Å². The maximum absolute atomic E-state index is 12.9. The molecule has 0 bridgehead atoms. The van der Waals surface area contributed by atoms with Crippen molar-refractivity contribution >= 4 is 17.3 Å². The number of carbonyl (C=O) groups is 1. The number of rotatable bonds is 5. The zero-order chi connectivity index (χ0) is 20.1. The fourth-order valence-corrected chi connectivity index (χ4v) is 2.82. The average molecular weight is 385 g/mol. The van der Waals surface area contributed by atoms with Gasteiger partial charge < -0.3 is 10.2 Å². The van der Waals surface area contributed by atoms with E-state index in [0.29, 0.717) is 17.8 Å². The van der Waals surface area contributed by atoms with Crippen LogP contribution in [-0.2, 0) is 12.7 Å². The molecule has 3 aromatic rings. The summed E-state index contributed by atoms with van der Waals surface area (Å²) in [4.78, 5) is 18.6. The third-order valence-electron chi connectivity index (χ3n) is 4.18. The van der Waals surface area contributed by atoms with E-state index in [1.807, 2.05) is 24.1 Å². The van der Waals surface area contributed by atoms with Crippen LogP contribution in [0.1, 0.15) is 21.5 Å². The highest BCUT2D eigenvalue weighted by molar-refractivity contribution is 6.08. The predicted octanol–water partition coefficient (Wildman–Crippen LogP) is 4.99. The number of benzene rings is 2. The largest absolute Gasteiger partial charge is 0.416 e. The molecule has 2 aromatic carbocycles. The molecule has 1 heterocycles. The monoisotopic (exact) mass is 385 g/mol. The molecule has 0 aliphatic heterocycles. The number of nitrogens with zero attached hydrogens (tertiary/aromatic N) is 2. The summed E-state index contributed by atoms with van der Waals surface area (Å²) in [7, 11) is 1.84. The van der Waals surface area contributed by atoms with Crippen molar-refractivity contribution in [3.8, 4) is 0 Å². The number of hydrogen-bond acceptors (Lipinski definition) is 3. The Hall–Kier alpha value is -3.35. The van der Waals surface area contributed by atoms with Crippen LogP contribution >= 0.6 is 0 Å². The second-order valence-corrected chi connectivity index (χ2v) is 6.26. The Balaban J connectivity index is 1.81. The number of pyridine rings is 1. The van der Waals surface area contributed by atoms with Crippen molar-refractivity contribution in [3.05, 3.63) is 89.7 Å². The average Bonchev–Trinajstić information content (AvgIpc) is 2.68. The molecule has 0 unspecified atom stereocenters. The summed E-state index contributed by atoms with van der Waals surface area (Å²) in [6.07, 6.45) is -1.09. The lowest BCUT2D eigenvalue weighted by Crippen LogP contribution is -2.22. The van der Waals surface area contributed by atoms with E-state index in [9.17, 15) is 18.0 Å². The van der Waals surface area contributed by atoms with E-state index in [4.69, 9.17) is 0 Å². The summed E-state index contributed by atoms with van der Waals surface area (Å²) in [5.41, 5.74) is 1.34. The van der Waals surface area contributed by atoms with Gasteiger partial charge in [0.2, 0.25) is 0 Å². The van der Waals surface area contributed by atoms with Crippen LogP contribution in [0.2, 0.25) is 0 Å². The van der Waals surface area contributed by atoms with Gasteiger partial charge in [0.25, 0.3) is 5.91 Å². The van der Waals surface area contributed by atoms with Gasteiger partial charge in [-0.3, -0.25) is 9.78 Å². The topological polar surface area (TPSA) is 45.2 Å². The lowest BCUT2D eigenvalue weighted by Gasteiger charge is -2.22. The summed E-state index contributed by atoms with van der Waals surface area (Å²) in [5.74, 6) is -0.475. The number of amides is 1. The van der Waals surface area contributed by atoms with Gasteiger partial charge in [-0.2, -0.15) is 13.2 Å². The summed E-state index contributed by atoms with van der Waals surface area (Å²) in [6, 6.07) is 15.3. The Labute approximate surface area is 160 Å². The van der Waals surface area contributed by atoms with E-state index in [-0.39, 0.29) is 5.69 Å². The Kier molecular flexibility index (Phi) is 5.63. The molecule has 1 amide bonds. The van der Waals surface area contributed by atoms with Crippen LogP contribution in [0, 0.1) is 0 Å². The molecule has 1 N–H and O–H groups in total. The Morgan fingerprint density at radius 3 is 2.46 bits per heavy atom. The maximum atomic E-state index is 12.9. The normalized spacial score (nSPS) is 11.1. The molecule has 0 radical (unpaired) electrons. The van der Waals surface area contributed by atoms with E-state index < -0.39 is 17.6 Å². The van der Waals surface area contributed by atoms with E-state index in [2.05, 4.69) is 10.3 Å². The first-order valence-electron chi connectivity index (χ1n) is 8.52. The van der Waals surface area contributed by atoms with Crippen molar-refractivity contribution in [2.24, 2.45) is 0 Å². The van der Waals surface area contributed by atoms with Crippen LogP contribution in [0.25, 0.3) is 0 Å². The first kappa shape index (κ1) is 19.4. The van der Waals surface area contributed by atoms with Crippen molar-refractivity contribution in [2.45, 2.75) is 12.7 Å². The van der Waals surface area contributed by atoms with Crippen molar-refractivity contribution in [1.82, 2.24) is 4.98 Å². The number of anilines is 2. The first-order chi connectivity index (χ1) is 13.3. The van der Waals surface area contributed by atoms with Gasteiger partial charge in [-0.05, 0) is 48.0 Å². The summed E-state index contributed by atoms with van der Waals surface area (Å²) in [5, 5.41) is 2.55. The zero-order valence-corrected chi connectivity index (χ0v) is 15.1. The highest BCUT2D eigenvalue weighted by Gasteiger charge is 2.30. The number of aromatic nitrogens is 1. The Morgan fingerprint density at radius 2 is 1.75 bits per heavy atom. The predicted molar refractivity (Wildman–Crippen MR) is 102 cm³/mol. The number of para-hydroxylation sites is 1. The molecule has 1 aromatic heterocycles. The molecule has 3 rings (SSSR count). The minimum atomic E-state index is -4.47. The van der Waals surface area contributed by atoms with E-state index in [0.717, 1.165) is 17.7 Å². The minimum Gasteiger partial charge on any atom is -0.370 e. The molecule has 144 valence electrons. The van der Waals surface area contributed by atoms with Crippen LogP contribution in [0.5, 0.6) is 0 Å². The molecule has 0 spiro atoms. The highest BCUT2D eigenvalue weighted by Crippen LogP contribution is 2.31. The summed E-state index contributed by atoms with van der Waals surface area (Å²) in [6.45, 7) is 0.552. The third-order valence-corrected chi connectivity index (χ3v) is 4.18. The number of hydrogen-bond donors (Lipinski definition) is 1. The van der Waals surface area contributed by atoms with Gasteiger partial charge in [-0.25, -0.2) is 0 Å². The van der Waals surface area contributed by atoms with Crippen molar-refractivity contribution in [2.75, 3.05) is 17.3 Å². The molecule has 0 atom stereocenters. The SMILES string of the molecule is CN(Cc1ccncc1)c1ccccc1C(=O)Nc1cccc(C(F)(F)F)c1. The molecular formula is C21H18F3N3O. The second kappa shape index (κ2) is 8.12. The fourth-order valence-electron chi connectivity index (χ4n) is 2.82. The van der Waals surface area contributed by atoms with Crippen LogP contribution in [0.3, 0.4) is 0 Å². The standard InChI is InChI=1S/C21H18F3N3O/c1-27(14-15-9-11-25-12-10-15)19-8-3-2-7-18(19)20(28)26-17-6-4-5-16(13-17)21(22,23)24/h2-13H,14H2,1H3,(H,26,28). The number of alkyl halides is 3. The molecule has 0 aliphatic carbocycles. The molecule has 0 aliphatic rings. The molecule has 7 heteroatoms. The van der Waals surface area contributed by atoms with Crippen LogP contribution in [-0.4, -0.2) is 17.9 Å². The van der Waals surface area contributed by atoms with Gasteiger partial charge in [0, 0.05) is 37.4 Å². The van der Waals surface area contributed by atoms with Crippen LogP contribution in [0.15, 0.2) is 73.1 Å². The number of nitrogens with one attached hydrogen (secondary N) is 1. The smallest absolute Gasteiger partial charge is 0.370 e. The first-order valence-corrected chi connectivity index (χ1v) is 8.52. The van der Waals surface area contributed by atoms with Crippen molar-refractivity contribution in [1.29, 1.82) is 0 Å². The molecule has 0 fully saturated rings. The lowest BCUT2D eigenvalue weighted by molar-refractivity contribution is -0.137. The Morgan fingerprint density at radius 1 is 1.04 bits per heavy atom. The van der Waals surface area contributed by atoms with Crippen LogP contribution in [0.4, 0.5) is 24.5 Å². The molecule has 0 saturated heterocycles. The van der Waals surface area contributed by atoms with Gasteiger partial charge in [0.15, 0.2) is 0 Å². The highest BCUT2D eigenvalue weighted by atomic mass is 19.4. The summed E-state index contributed by atoms with van der Waals surface area (Å²) < 4.78 is 38.6. The van der Waals surface area contributed by atoms with Gasteiger partial charge in [-0.1, -0.05) is 18.2 Å². The van der Waals surface area contributed by atoms with E-state index in [1.165, 1.54) is 12.1 Å². The Bertz CT molecular complexity index is 958. The summed E-state index contributed by atoms with van der Waals surface area (Å²) >= 11 is 0. The van der Waals surface area contributed by atoms with E-state index >= 15 is 0 Å². The number of halogens is 3. The molecule has 4 nitrogen and oxygen atoms in total. The second-order valence-electron chi connectivity index (χ2n) is 6.26. The molecule has 28 heavy (non-hydrogen) atoms. The fraction of sp³-hybridized carbons (Fsp3) is 0.143. The van der Waals surface area contributed by atoms with E-state index in [1.54, 1.807) is 36.7 Å². The maximum Gasteiger partial charge on any atom is 0.416 e. The van der Waals surface area contributed by atoms with Gasteiger partial charge in [0.1, 0.15) is 0 Å². The minimum absolute atomic E-state index is 0.0893. The van der Waals surface area contributed by atoms with Crippen molar-refractivity contribution < 1.29 is 18.0 Å². The lowest BCUT2D eigenvalue weighted by atomic mass is 10.1. The molecule has 0 saturated carbocycles. The van der Waals surface area contributed by atoms with Gasteiger partial charge >= 0.3 is 6.18 Å². The quantitative estimate of drug-likeness (QED) is 0.673. The third kappa shape index (κ3) is 4.68. The molecular weight excluding hydrogens is 367 g/mol. The van der Waals surface area contributed by atoms with Crippen molar-refractivity contribution in [3.63, 3.8) is 0 Å². The zero-order valence-electron chi connectivity index (χ0n) is 15.1. The van der Waals surface area contributed by atoms with Gasteiger partial charge in [0.05, 0.1) is 11.1 Å².